The van der Waals surface area contributed by atoms with Gasteiger partial charge in [-0.15, -0.1) is 11.8 Å². The molecule has 1 atom stereocenters. The van der Waals surface area contributed by atoms with Crippen LogP contribution in [0.2, 0.25) is 0 Å². The van der Waals surface area contributed by atoms with Crippen LogP contribution in [0, 0.1) is 11.8 Å². The van der Waals surface area contributed by atoms with Crippen molar-refractivity contribution in [2.24, 2.45) is 11.8 Å². The number of hydrogen-bond acceptors (Lipinski definition) is 3. The second kappa shape index (κ2) is 9.45. The zero-order chi connectivity index (χ0) is 15.7. The third-order valence-electron chi connectivity index (χ3n) is 2.99. The number of hydrogen-bond donors (Lipinski definition) is 2. The van der Waals surface area contributed by atoms with Crippen LogP contribution in [0.5, 0.6) is 0 Å². The molecule has 2 N–H and O–H groups in total. The van der Waals surface area contributed by atoms with Crippen molar-refractivity contribution in [1.82, 2.24) is 5.32 Å². The summed E-state index contributed by atoms with van der Waals surface area (Å²) in [6, 6.07) is 9.90. The second-order valence-corrected chi connectivity index (χ2v) is 6.55. The third kappa shape index (κ3) is 7.75. The summed E-state index contributed by atoms with van der Waals surface area (Å²) in [5, 5.41) is 11.8. The molecule has 0 aromatic heterocycles. The smallest absolute Gasteiger partial charge is 0.308 e. The number of rotatable bonds is 9. The normalized spacial score (nSPS) is 12.1. The highest BCUT2D eigenvalue weighted by Crippen LogP contribution is 2.17. The van der Waals surface area contributed by atoms with Gasteiger partial charge in [-0.2, -0.15) is 0 Å². The van der Waals surface area contributed by atoms with E-state index in [1.54, 1.807) is 11.8 Å². The van der Waals surface area contributed by atoms with Gasteiger partial charge >= 0.3 is 5.97 Å². The summed E-state index contributed by atoms with van der Waals surface area (Å²) in [5.41, 5.74) is 0. The van der Waals surface area contributed by atoms with E-state index < -0.39 is 11.9 Å². The molecule has 0 saturated heterocycles. The molecule has 0 spiro atoms. The molecule has 1 rings (SSSR count). The predicted octanol–water partition coefficient (Wildman–Crippen LogP) is 3.03. The summed E-state index contributed by atoms with van der Waals surface area (Å²) in [6.07, 6.45) is 0.974. The minimum absolute atomic E-state index is 0.0894. The first kappa shape index (κ1) is 17.6. The standard InChI is InChI=1S/C16H23NO3S/c1-12(2)10-13(16(19)20)11-17-15(18)8-9-21-14-6-4-3-5-7-14/h3-7,12-13H,8-11H2,1-2H3,(H,17,18)(H,19,20). The summed E-state index contributed by atoms with van der Waals surface area (Å²) >= 11 is 1.62. The van der Waals surface area contributed by atoms with Gasteiger partial charge in [0, 0.05) is 23.6 Å². The molecule has 0 aliphatic carbocycles. The molecule has 4 nitrogen and oxygen atoms in total. The van der Waals surface area contributed by atoms with Gasteiger partial charge in [0.15, 0.2) is 0 Å². The van der Waals surface area contributed by atoms with Crippen LogP contribution in [-0.2, 0) is 9.59 Å². The van der Waals surface area contributed by atoms with Gasteiger partial charge in [-0.05, 0) is 24.5 Å². The molecule has 0 fully saturated rings. The maximum absolute atomic E-state index is 11.7. The highest BCUT2D eigenvalue weighted by Gasteiger charge is 2.19. The van der Waals surface area contributed by atoms with Gasteiger partial charge in [-0.3, -0.25) is 9.59 Å². The number of benzene rings is 1. The molecule has 1 amide bonds. The summed E-state index contributed by atoms with van der Waals surface area (Å²) in [5.74, 6) is -0.443. The topological polar surface area (TPSA) is 66.4 Å². The summed E-state index contributed by atoms with van der Waals surface area (Å²) in [6.45, 7) is 4.17. The van der Waals surface area contributed by atoms with Crippen molar-refractivity contribution in [3.8, 4) is 0 Å². The lowest BCUT2D eigenvalue weighted by Gasteiger charge is -2.15. The first-order valence-corrected chi connectivity index (χ1v) is 8.15. The maximum Gasteiger partial charge on any atom is 0.308 e. The zero-order valence-electron chi connectivity index (χ0n) is 12.5. The molecule has 0 bridgehead atoms. The van der Waals surface area contributed by atoms with Crippen LogP contribution < -0.4 is 5.32 Å². The summed E-state index contributed by atoms with van der Waals surface area (Å²) in [7, 11) is 0. The van der Waals surface area contributed by atoms with Crippen LogP contribution in [0.1, 0.15) is 26.7 Å². The molecular formula is C16H23NO3S. The lowest BCUT2D eigenvalue weighted by Crippen LogP contribution is -2.33. The molecule has 0 aliphatic heterocycles. The minimum atomic E-state index is -0.845. The van der Waals surface area contributed by atoms with E-state index in [-0.39, 0.29) is 12.5 Å². The Morgan fingerprint density at radius 1 is 1.24 bits per heavy atom. The number of aliphatic carboxylic acids is 1. The molecular weight excluding hydrogens is 286 g/mol. The Morgan fingerprint density at radius 2 is 1.90 bits per heavy atom. The molecule has 0 aliphatic rings. The second-order valence-electron chi connectivity index (χ2n) is 5.38. The number of carboxylic acids is 1. The number of carbonyl (C=O) groups is 2. The van der Waals surface area contributed by atoms with Crippen LogP contribution in [0.25, 0.3) is 0 Å². The Balaban J connectivity index is 2.25. The molecule has 1 unspecified atom stereocenters. The van der Waals surface area contributed by atoms with E-state index in [1.807, 2.05) is 44.2 Å². The molecule has 0 heterocycles. The van der Waals surface area contributed by atoms with Crippen molar-refractivity contribution in [2.45, 2.75) is 31.6 Å². The van der Waals surface area contributed by atoms with E-state index in [9.17, 15) is 9.59 Å². The minimum Gasteiger partial charge on any atom is -0.481 e. The zero-order valence-corrected chi connectivity index (χ0v) is 13.4. The van der Waals surface area contributed by atoms with Gasteiger partial charge in [0.05, 0.1) is 5.92 Å². The molecule has 1 aromatic rings. The fourth-order valence-electron chi connectivity index (χ4n) is 1.94. The van der Waals surface area contributed by atoms with Crippen molar-refractivity contribution in [1.29, 1.82) is 0 Å². The fraction of sp³-hybridized carbons (Fsp3) is 0.500. The van der Waals surface area contributed by atoms with E-state index in [2.05, 4.69) is 5.32 Å². The lowest BCUT2D eigenvalue weighted by atomic mass is 9.97. The van der Waals surface area contributed by atoms with Crippen LogP contribution in [-0.4, -0.2) is 29.3 Å². The van der Waals surface area contributed by atoms with Gasteiger partial charge in [-0.1, -0.05) is 32.0 Å². The Morgan fingerprint density at radius 3 is 2.48 bits per heavy atom. The Hall–Kier alpha value is -1.49. The molecule has 116 valence electrons. The highest BCUT2D eigenvalue weighted by molar-refractivity contribution is 7.99. The number of nitrogens with one attached hydrogen (secondary N) is 1. The highest BCUT2D eigenvalue weighted by atomic mass is 32.2. The first-order valence-electron chi connectivity index (χ1n) is 7.16. The predicted molar refractivity (Wildman–Crippen MR) is 85.4 cm³/mol. The molecule has 5 heteroatoms. The van der Waals surface area contributed by atoms with Crippen LogP contribution in [0.3, 0.4) is 0 Å². The van der Waals surface area contributed by atoms with Crippen LogP contribution >= 0.6 is 11.8 Å². The van der Waals surface area contributed by atoms with E-state index in [1.165, 1.54) is 0 Å². The number of carbonyl (C=O) groups excluding carboxylic acids is 1. The monoisotopic (exact) mass is 309 g/mol. The van der Waals surface area contributed by atoms with E-state index >= 15 is 0 Å². The van der Waals surface area contributed by atoms with Crippen LogP contribution in [0.15, 0.2) is 35.2 Å². The van der Waals surface area contributed by atoms with Gasteiger partial charge in [0.2, 0.25) is 5.91 Å². The van der Waals surface area contributed by atoms with E-state index in [0.29, 0.717) is 24.5 Å². The Labute approximate surface area is 130 Å². The average molecular weight is 309 g/mol. The van der Waals surface area contributed by atoms with Crippen LogP contribution in [0.4, 0.5) is 0 Å². The maximum atomic E-state index is 11.7. The summed E-state index contributed by atoms with van der Waals surface area (Å²) in [4.78, 5) is 24.0. The third-order valence-corrected chi connectivity index (χ3v) is 4.01. The number of amides is 1. The molecule has 1 aromatic carbocycles. The number of thioether (sulfide) groups is 1. The Kier molecular flexibility index (Phi) is 7.90. The number of carboxylic acid groups (broad SMARTS) is 1. The van der Waals surface area contributed by atoms with Gasteiger partial charge in [-0.25, -0.2) is 0 Å². The van der Waals surface area contributed by atoms with Crippen molar-refractivity contribution >= 4 is 23.6 Å². The molecule has 0 saturated carbocycles. The van der Waals surface area contributed by atoms with Crippen molar-refractivity contribution < 1.29 is 14.7 Å². The largest absolute Gasteiger partial charge is 0.481 e. The average Bonchev–Trinajstić information content (AvgIpc) is 2.44. The quantitative estimate of drug-likeness (QED) is 0.688. The Bertz CT molecular complexity index is 448. The van der Waals surface area contributed by atoms with Crippen molar-refractivity contribution in [2.75, 3.05) is 12.3 Å². The van der Waals surface area contributed by atoms with Crippen molar-refractivity contribution in [3.63, 3.8) is 0 Å². The molecule has 21 heavy (non-hydrogen) atoms. The molecule has 0 radical (unpaired) electrons. The van der Waals surface area contributed by atoms with E-state index in [0.717, 1.165) is 4.90 Å². The van der Waals surface area contributed by atoms with Crippen molar-refractivity contribution in [3.05, 3.63) is 30.3 Å². The lowest BCUT2D eigenvalue weighted by molar-refractivity contribution is -0.142. The fourth-order valence-corrected chi connectivity index (χ4v) is 2.82. The van der Waals surface area contributed by atoms with Gasteiger partial charge in [0.1, 0.15) is 0 Å². The SMILES string of the molecule is CC(C)CC(CNC(=O)CCSc1ccccc1)C(=O)O. The van der Waals surface area contributed by atoms with Gasteiger partial charge < -0.3 is 10.4 Å². The van der Waals surface area contributed by atoms with E-state index in [4.69, 9.17) is 5.11 Å². The van der Waals surface area contributed by atoms with Gasteiger partial charge in [0.25, 0.3) is 0 Å². The summed E-state index contributed by atoms with van der Waals surface area (Å²) < 4.78 is 0. The first-order chi connectivity index (χ1) is 9.99.